The Morgan fingerprint density at radius 2 is 2.14 bits per heavy atom. The molecule has 1 aliphatic heterocycles. The molecule has 0 aliphatic carbocycles. The molecule has 1 aromatic heterocycles. The van der Waals surface area contributed by atoms with E-state index in [-0.39, 0.29) is 0 Å². The lowest BCUT2D eigenvalue weighted by atomic mass is 10.0. The fourth-order valence-corrected chi connectivity index (χ4v) is 2.89. The van der Waals surface area contributed by atoms with Gasteiger partial charge in [-0.3, -0.25) is 4.90 Å². The molecule has 21 heavy (non-hydrogen) atoms. The summed E-state index contributed by atoms with van der Waals surface area (Å²) in [5.41, 5.74) is 1.03. The highest BCUT2D eigenvalue weighted by Crippen LogP contribution is 2.24. The van der Waals surface area contributed by atoms with Crippen LogP contribution in [-0.4, -0.2) is 30.1 Å². The molecule has 1 fully saturated rings. The summed E-state index contributed by atoms with van der Waals surface area (Å²) in [6.07, 6.45) is 4.41. The highest BCUT2D eigenvalue weighted by molar-refractivity contribution is 5.57. The third-order valence-electron chi connectivity index (χ3n) is 4.03. The maximum absolute atomic E-state index is 5.89. The van der Waals surface area contributed by atoms with Crippen LogP contribution in [0, 0.1) is 5.92 Å². The number of rotatable bonds is 4. The van der Waals surface area contributed by atoms with E-state index < -0.39 is 0 Å². The van der Waals surface area contributed by atoms with Crippen molar-refractivity contribution in [2.75, 3.05) is 20.2 Å². The van der Waals surface area contributed by atoms with Crippen LogP contribution in [0.5, 0.6) is 5.75 Å². The second-order valence-electron chi connectivity index (χ2n) is 5.83. The molecule has 2 heterocycles. The molecule has 0 saturated carbocycles. The lowest BCUT2D eigenvalue weighted by Gasteiger charge is -2.29. The van der Waals surface area contributed by atoms with E-state index in [0.29, 0.717) is 0 Å². The average Bonchev–Trinajstić information content (AvgIpc) is 2.96. The summed E-state index contributed by atoms with van der Waals surface area (Å²) in [5.74, 6) is 3.24. The fraction of sp³-hybridized carbons (Fsp3) is 0.471. The van der Waals surface area contributed by atoms with Gasteiger partial charge in [-0.2, -0.15) is 0 Å². The van der Waals surface area contributed by atoms with Crippen molar-refractivity contribution in [3.05, 3.63) is 36.4 Å². The molecule has 1 aliphatic rings. The van der Waals surface area contributed by atoms with Gasteiger partial charge in [-0.15, -0.1) is 0 Å². The van der Waals surface area contributed by atoms with Crippen molar-refractivity contribution < 1.29 is 9.15 Å². The number of likely N-dealkylation sites (tertiary alicyclic amines) is 1. The Labute approximate surface area is 125 Å². The van der Waals surface area contributed by atoms with Gasteiger partial charge in [0.1, 0.15) is 5.75 Å². The summed E-state index contributed by atoms with van der Waals surface area (Å²) in [6, 6.07) is 7.85. The predicted octanol–water partition coefficient (Wildman–Crippen LogP) is 3.58. The molecule has 4 nitrogen and oxygen atoms in total. The zero-order valence-corrected chi connectivity index (χ0v) is 12.7. The van der Waals surface area contributed by atoms with Crippen molar-refractivity contribution in [1.29, 1.82) is 0 Å². The number of hydrogen-bond acceptors (Lipinski definition) is 4. The summed E-state index contributed by atoms with van der Waals surface area (Å²) in [4.78, 5) is 6.84. The fourth-order valence-electron chi connectivity index (χ4n) is 2.89. The third-order valence-corrected chi connectivity index (χ3v) is 4.03. The standard InChI is InChI=1S/C17H22N2O2/c1-13-4-3-9-19(11-13)12-17-18-10-16(21-17)14-5-7-15(20-2)8-6-14/h5-8,10,13H,3-4,9,11-12H2,1-2H3/t13-/m1/s1. The monoisotopic (exact) mass is 286 g/mol. The summed E-state index contributed by atoms with van der Waals surface area (Å²) in [6.45, 7) is 5.40. The Kier molecular flexibility index (Phi) is 4.25. The summed E-state index contributed by atoms with van der Waals surface area (Å²) in [7, 11) is 1.67. The van der Waals surface area contributed by atoms with E-state index in [1.807, 2.05) is 30.5 Å². The Hall–Kier alpha value is -1.81. The molecule has 4 heteroatoms. The van der Waals surface area contributed by atoms with Crippen LogP contribution in [0.1, 0.15) is 25.7 Å². The molecule has 0 bridgehead atoms. The van der Waals surface area contributed by atoms with Crippen molar-refractivity contribution in [3.63, 3.8) is 0 Å². The Morgan fingerprint density at radius 3 is 2.86 bits per heavy atom. The van der Waals surface area contributed by atoms with Gasteiger partial charge in [-0.1, -0.05) is 6.92 Å². The molecule has 0 unspecified atom stereocenters. The normalized spacial score (nSPS) is 19.6. The topological polar surface area (TPSA) is 38.5 Å². The summed E-state index contributed by atoms with van der Waals surface area (Å²) >= 11 is 0. The number of oxazole rings is 1. The maximum atomic E-state index is 5.89. The van der Waals surface area contributed by atoms with Crippen LogP contribution in [0.2, 0.25) is 0 Å². The molecular formula is C17H22N2O2. The number of nitrogens with zero attached hydrogens (tertiary/aromatic N) is 2. The molecule has 0 radical (unpaired) electrons. The average molecular weight is 286 g/mol. The number of aromatic nitrogens is 1. The molecule has 2 aromatic rings. The van der Waals surface area contributed by atoms with E-state index in [2.05, 4.69) is 16.8 Å². The number of ether oxygens (including phenoxy) is 1. The highest BCUT2D eigenvalue weighted by Gasteiger charge is 2.18. The van der Waals surface area contributed by atoms with Gasteiger partial charge in [0, 0.05) is 12.1 Å². The first-order valence-electron chi connectivity index (χ1n) is 7.56. The Bertz CT molecular complexity index is 577. The van der Waals surface area contributed by atoms with E-state index in [0.717, 1.165) is 48.5 Å². The lowest BCUT2D eigenvalue weighted by molar-refractivity contribution is 0.163. The van der Waals surface area contributed by atoms with Gasteiger partial charge in [-0.05, 0) is 49.6 Å². The molecule has 1 atom stereocenters. The van der Waals surface area contributed by atoms with Crippen LogP contribution in [0.15, 0.2) is 34.9 Å². The number of benzene rings is 1. The Balaban J connectivity index is 1.67. The van der Waals surface area contributed by atoms with Crippen LogP contribution in [-0.2, 0) is 6.54 Å². The van der Waals surface area contributed by atoms with E-state index >= 15 is 0 Å². The maximum Gasteiger partial charge on any atom is 0.209 e. The Morgan fingerprint density at radius 1 is 1.33 bits per heavy atom. The van der Waals surface area contributed by atoms with Gasteiger partial charge in [0.15, 0.2) is 5.76 Å². The van der Waals surface area contributed by atoms with Crippen molar-refractivity contribution >= 4 is 0 Å². The van der Waals surface area contributed by atoms with Crippen LogP contribution in [0.25, 0.3) is 11.3 Å². The minimum absolute atomic E-state index is 0.773. The van der Waals surface area contributed by atoms with Gasteiger partial charge in [0.2, 0.25) is 5.89 Å². The second-order valence-corrected chi connectivity index (χ2v) is 5.83. The van der Waals surface area contributed by atoms with Gasteiger partial charge in [0.25, 0.3) is 0 Å². The second kappa shape index (κ2) is 6.31. The van der Waals surface area contributed by atoms with E-state index in [1.165, 1.54) is 12.8 Å². The van der Waals surface area contributed by atoms with Crippen molar-refractivity contribution in [2.24, 2.45) is 5.92 Å². The number of hydrogen-bond donors (Lipinski definition) is 0. The van der Waals surface area contributed by atoms with E-state index in [1.54, 1.807) is 7.11 Å². The van der Waals surface area contributed by atoms with Gasteiger partial charge in [-0.25, -0.2) is 4.98 Å². The van der Waals surface area contributed by atoms with Crippen molar-refractivity contribution in [2.45, 2.75) is 26.3 Å². The lowest BCUT2D eigenvalue weighted by Crippen LogP contribution is -2.33. The number of piperidine rings is 1. The van der Waals surface area contributed by atoms with E-state index in [9.17, 15) is 0 Å². The molecular weight excluding hydrogens is 264 g/mol. The zero-order valence-electron chi connectivity index (χ0n) is 12.7. The quantitative estimate of drug-likeness (QED) is 0.861. The van der Waals surface area contributed by atoms with Crippen LogP contribution < -0.4 is 4.74 Å². The van der Waals surface area contributed by atoms with Crippen molar-refractivity contribution in [3.8, 4) is 17.1 Å². The molecule has 1 saturated heterocycles. The van der Waals surface area contributed by atoms with Crippen LogP contribution in [0.4, 0.5) is 0 Å². The molecule has 0 N–H and O–H groups in total. The third kappa shape index (κ3) is 3.45. The highest BCUT2D eigenvalue weighted by atomic mass is 16.5. The summed E-state index contributed by atoms with van der Waals surface area (Å²) in [5, 5.41) is 0. The molecule has 0 amide bonds. The summed E-state index contributed by atoms with van der Waals surface area (Å²) < 4.78 is 11.1. The largest absolute Gasteiger partial charge is 0.497 e. The number of methoxy groups -OCH3 is 1. The van der Waals surface area contributed by atoms with Crippen LogP contribution in [0.3, 0.4) is 0 Å². The SMILES string of the molecule is COc1ccc(-c2cnc(CN3CCC[C@@H](C)C3)o2)cc1. The molecule has 1 aromatic carbocycles. The smallest absolute Gasteiger partial charge is 0.209 e. The van der Waals surface area contributed by atoms with Gasteiger partial charge >= 0.3 is 0 Å². The minimum atomic E-state index is 0.773. The first-order valence-corrected chi connectivity index (χ1v) is 7.56. The molecule has 0 spiro atoms. The van der Waals surface area contributed by atoms with Crippen molar-refractivity contribution in [1.82, 2.24) is 9.88 Å². The minimum Gasteiger partial charge on any atom is -0.497 e. The van der Waals surface area contributed by atoms with Gasteiger partial charge < -0.3 is 9.15 Å². The molecule has 112 valence electrons. The predicted molar refractivity (Wildman–Crippen MR) is 82.2 cm³/mol. The zero-order chi connectivity index (χ0) is 14.7. The molecule has 3 rings (SSSR count). The van der Waals surface area contributed by atoms with Crippen LogP contribution >= 0.6 is 0 Å². The van der Waals surface area contributed by atoms with Gasteiger partial charge in [0.05, 0.1) is 19.9 Å². The first kappa shape index (κ1) is 14.1. The first-order chi connectivity index (χ1) is 10.2. The van der Waals surface area contributed by atoms with E-state index in [4.69, 9.17) is 9.15 Å².